The van der Waals surface area contributed by atoms with Gasteiger partial charge in [0.1, 0.15) is 5.69 Å². The van der Waals surface area contributed by atoms with Gasteiger partial charge in [-0.15, -0.1) is 0 Å². The summed E-state index contributed by atoms with van der Waals surface area (Å²) >= 11 is 3.49. The fourth-order valence-corrected chi connectivity index (χ4v) is 2.57. The molecule has 1 N–H and O–H groups in total. The Bertz CT molecular complexity index is 536. The van der Waals surface area contributed by atoms with Gasteiger partial charge in [0, 0.05) is 22.1 Å². The van der Waals surface area contributed by atoms with Crippen molar-refractivity contribution in [3.63, 3.8) is 0 Å². The fraction of sp³-hybridized carbons (Fsp3) is 0.308. The number of hydrogen-bond acceptors (Lipinski definition) is 3. The number of aromatic nitrogens is 1. The van der Waals surface area contributed by atoms with Crippen molar-refractivity contribution in [2.75, 3.05) is 11.9 Å². The second kappa shape index (κ2) is 4.53. The van der Waals surface area contributed by atoms with Crippen molar-refractivity contribution in [2.24, 2.45) is 0 Å². The first-order chi connectivity index (χ1) is 8.34. The van der Waals surface area contributed by atoms with Crippen LogP contribution in [0.4, 0.5) is 5.88 Å². The highest BCUT2D eigenvalue weighted by molar-refractivity contribution is 9.10. The maximum atomic E-state index is 5.38. The summed E-state index contributed by atoms with van der Waals surface area (Å²) in [7, 11) is 0. The first kappa shape index (κ1) is 10.8. The van der Waals surface area contributed by atoms with E-state index in [1.54, 1.807) is 0 Å². The summed E-state index contributed by atoms with van der Waals surface area (Å²) in [6.07, 6.45) is 3.40. The van der Waals surface area contributed by atoms with Crippen molar-refractivity contribution in [2.45, 2.75) is 19.3 Å². The topological polar surface area (TPSA) is 38.1 Å². The van der Waals surface area contributed by atoms with Crippen LogP contribution in [0.1, 0.15) is 18.4 Å². The van der Waals surface area contributed by atoms with Crippen molar-refractivity contribution in [3.8, 4) is 11.3 Å². The Morgan fingerprint density at radius 2 is 2.24 bits per heavy atom. The van der Waals surface area contributed by atoms with E-state index >= 15 is 0 Å². The Balaban J connectivity index is 2.06. The normalized spacial score (nSPS) is 14.9. The van der Waals surface area contributed by atoms with E-state index in [1.165, 1.54) is 18.4 Å². The average molecular weight is 293 g/mol. The maximum absolute atomic E-state index is 5.38. The summed E-state index contributed by atoms with van der Waals surface area (Å²) in [5.74, 6) is 0.845. The van der Waals surface area contributed by atoms with Gasteiger partial charge in [0.05, 0.1) is 0 Å². The van der Waals surface area contributed by atoms with Gasteiger partial charge in [0.25, 0.3) is 0 Å². The molecule has 0 spiro atoms. The van der Waals surface area contributed by atoms with Gasteiger partial charge < -0.3 is 9.84 Å². The Morgan fingerprint density at radius 3 is 3.12 bits per heavy atom. The average Bonchev–Trinajstić information content (AvgIpc) is 2.59. The summed E-state index contributed by atoms with van der Waals surface area (Å²) in [5, 5.41) is 7.48. The standard InChI is InChI=1S/C13H13BrN2O/c14-10-5-3-4-9(8-10)12-11-6-1-2-7-15-13(11)17-16-12/h3-5,8,15H,1-2,6-7H2. The molecule has 1 aromatic carbocycles. The number of fused-ring (bicyclic) bond motifs is 1. The molecule has 0 saturated heterocycles. The van der Waals surface area contributed by atoms with Crippen molar-refractivity contribution in [1.29, 1.82) is 0 Å². The first-order valence-electron chi connectivity index (χ1n) is 5.83. The molecule has 3 nitrogen and oxygen atoms in total. The molecule has 0 fully saturated rings. The number of anilines is 1. The van der Waals surface area contributed by atoms with E-state index in [1.807, 2.05) is 12.1 Å². The van der Waals surface area contributed by atoms with Crippen LogP contribution in [-0.4, -0.2) is 11.7 Å². The van der Waals surface area contributed by atoms with E-state index in [4.69, 9.17) is 4.52 Å². The van der Waals surface area contributed by atoms with E-state index in [0.717, 1.165) is 34.6 Å². The lowest BCUT2D eigenvalue weighted by molar-refractivity contribution is 0.434. The molecule has 2 aromatic rings. The third-order valence-electron chi connectivity index (χ3n) is 3.03. The predicted molar refractivity (Wildman–Crippen MR) is 71.1 cm³/mol. The molecule has 0 bridgehead atoms. The van der Waals surface area contributed by atoms with Crippen LogP contribution in [-0.2, 0) is 6.42 Å². The minimum atomic E-state index is 0.845. The third-order valence-corrected chi connectivity index (χ3v) is 3.52. The van der Waals surface area contributed by atoms with E-state index in [-0.39, 0.29) is 0 Å². The number of halogens is 1. The molecule has 0 saturated carbocycles. The summed E-state index contributed by atoms with van der Waals surface area (Å²) in [5.41, 5.74) is 3.28. The third kappa shape index (κ3) is 2.09. The smallest absolute Gasteiger partial charge is 0.228 e. The van der Waals surface area contributed by atoms with Crippen LogP contribution >= 0.6 is 15.9 Å². The number of rotatable bonds is 1. The summed E-state index contributed by atoms with van der Waals surface area (Å²) in [6.45, 7) is 0.972. The predicted octanol–water partition coefficient (Wildman–Crippen LogP) is 3.85. The monoisotopic (exact) mass is 292 g/mol. The van der Waals surface area contributed by atoms with Crippen molar-refractivity contribution >= 4 is 21.8 Å². The molecule has 88 valence electrons. The Hall–Kier alpha value is -1.29. The molecule has 1 aromatic heterocycles. The van der Waals surface area contributed by atoms with Crippen LogP contribution in [0.2, 0.25) is 0 Å². The van der Waals surface area contributed by atoms with Crippen molar-refractivity contribution in [3.05, 3.63) is 34.3 Å². The molecule has 17 heavy (non-hydrogen) atoms. The van der Waals surface area contributed by atoms with E-state index in [0.29, 0.717) is 0 Å². The first-order valence-corrected chi connectivity index (χ1v) is 6.62. The van der Waals surface area contributed by atoms with Gasteiger partial charge in [-0.1, -0.05) is 33.2 Å². The minimum absolute atomic E-state index is 0.845. The molecule has 0 amide bonds. The van der Waals surface area contributed by atoms with Gasteiger partial charge in [-0.3, -0.25) is 0 Å². The van der Waals surface area contributed by atoms with Gasteiger partial charge in [-0.2, -0.15) is 0 Å². The summed E-state index contributed by atoms with van der Waals surface area (Å²) in [4.78, 5) is 0. The van der Waals surface area contributed by atoms with Crippen LogP contribution in [0.25, 0.3) is 11.3 Å². The zero-order valence-electron chi connectivity index (χ0n) is 9.37. The lowest BCUT2D eigenvalue weighted by atomic mass is 10.0. The number of benzene rings is 1. The largest absolute Gasteiger partial charge is 0.354 e. The lowest BCUT2D eigenvalue weighted by Gasteiger charge is -2.01. The Labute approximate surface area is 108 Å². The highest BCUT2D eigenvalue weighted by Gasteiger charge is 2.19. The van der Waals surface area contributed by atoms with Crippen LogP contribution in [0.3, 0.4) is 0 Å². The summed E-state index contributed by atoms with van der Waals surface area (Å²) < 4.78 is 6.45. The number of nitrogens with one attached hydrogen (secondary N) is 1. The van der Waals surface area contributed by atoms with E-state index < -0.39 is 0 Å². The van der Waals surface area contributed by atoms with E-state index in [9.17, 15) is 0 Å². The molecule has 0 aliphatic carbocycles. The molecule has 1 aliphatic heterocycles. The molecule has 1 aliphatic rings. The minimum Gasteiger partial charge on any atom is -0.354 e. The molecular weight excluding hydrogens is 280 g/mol. The lowest BCUT2D eigenvalue weighted by Crippen LogP contribution is -1.97. The fourth-order valence-electron chi connectivity index (χ4n) is 2.17. The van der Waals surface area contributed by atoms with E-state index in [2.05, 4.69) is 38.5 Å². The van der Waals surface area contributed by atoms with Gasteiger partial charge in [-0.05, 0) is 31.4 Å². The van der Waals surface area contributed by atoms with Crippen LogP contribution in [0.15, 0.2) is 33.3 Å². The maximum Gasteiger partial charge on any atom is 0.228 e. The molecule has 0 atom stereocenters. The van der Waals surface area contributed by atoms with Crippen molar-refractivity contribution in [1.82, 2.24) is 5.16 Å². The van der Waals surface area contributed by atoms with Gasteiger partial charge in [0.15, 0.2) is 0 Å². The highest BCUT2D eigenvalue weighted by atomic mass is 79.9. The summed E-state index contributed by atoms with van der Waals surface area (Å²) in [6, 6.07) is 8.17. The van der Waals surface area contributed by atoms with Crippen LogP contribution in [0, 0.1) is 0 Å². The van der Waals surface area contributed by atoms with Crippen molar-refractivity contribution < 1.29 is 4.52 Å². The number of hydrogen-bond donors (Lipinski definition) is 1. The van der Waals surface area contributed by atoms with Gasteiger partial charge >= 0.3 is 0 Å². The van der Waals surface area contributed by atoms with Crippen LogP contribution < -0.4 is 5.32 Å². The zero-order chi connectivity index (χ0) is 11.7. The van der Waals surface area contributed by atoms with Crippen LogP contribution in [0.5, 0.6) is 0 Å². The quantitative estimate of drug-likeness (QED) is 0.867. The molecule has 0 radical (unpaired) electrons. The second-order valence-electron chi connectivity index (χ2n) is 4.23. The Kier molecular flexibility index (Phi) is 2.89. The van der Waals surface area contributed by atoms with Gasteiger partial charge in [-0.25, -0.2) is 0 Å². The zero-order valence-corrected chi connectivity index (χ0v) is 11.0. The highest BCUT2D eigenvalue weighted by Crippen LogP contribution is 2.32. The molecule has 0 unspecified atom stereocenters. The number of nitrogens with zero attached hydrogens (tertiary/aromatic N) is 1. The molecule has 2 heterocycles. The van der Waals surface area contributed by atoms with Gasteiger partial charge in [0.2, 0.25) is 5.88 Å². The SMILES string of the molecule is Brc1cccc(-c2noc3c2CCCCN3)c1. The molecule has 3 rings (SSSR count). The molecular formula is C13H13BrN2O. The Morgan fingerprint density at radius 1 is 1.29 bits per heavy atom. The molecule has 4 heteroatoms. The second-order valence-corrected chi connectivity index (χ2v) is 5.15.